The number of hydrogen-bond donors (Lipinski definition) is 3. The average molecular weight is 634 g/mol. The molecule has 0 spiro atoms. The number of imide groups is 1. The Labute approximate surface area is 250 Å². The number of anilines is 3. The highest BCUT2D eigenvalue weighted by Gasteiger charge is 2.54. The summed E-state index contributed by atoms with van der Waals surface area (Å²) in [4.78, 5) is 41.8. The zero-order chi connectivity index (χ0) is 29.4. The Kier molecular flexibility index (Phi) is 7.78. The van der Waals surface area contributed by atoms with E-state index in [0.29, 0.717) is 16.9 Å². The molecular formula is C30H29BrN6O5. The number of rotatable bonds is 7. The summed E-state index contributed by atoms with van der Waals surface area (Å²) in [5.41, 5.74) is 5.71. The molecule has 3 aromatic carbocycles. The molecular weight excluding hydrogens is 604 g/mol. The van der Waals surface area contributed by atoms with E-state index in [1.54, 1.807) is 41.4 Å². The molecule has 3 aliphatic heterocycles. The summed E-state index contributed by atoms with van der Waals surface area (Å²) < 4.78 is 0.855. The molecule has 216 valence electrons. The number of nitrogens with one attached hydrogen (secondary N) is 2. The van der Waals surface area contributed by atoms with Crippen molar-refractivity contribution >= 4 is 50.5 Å². The number of carbonyl (C=O) groups excluding carboxylic acids is 2. The summed E-state index contributed by atoms with van der Waals surface area (Å²) in [6, 6.07) is 18.7. The van der Waals surface area contributed by atoms with Gasteiger partial charge in [0, 0.05) is 54.2 Å². The lowest BCUT2D eigenvalue weighted by atomic mass is 9.90. The molecule has 2 fully saturated rings. The lowest BCUT2D eigenvalue weighted by molar-refractivity contribution is -0.384. The molecule has 3 aliphatic rings. The van der Waals surface area contributed by atoms with E-state index in [1.807, 2.05) is 24.3 Å². The molecule has 12 heteroatoms. The molecule has 3 heterocycles. The Balaban J connectivity index is 1.32. The van der Waals surface area contributed by atoms with Crippen molar-refractivity contribution in [2.45, 2.75) is 18.2 Å². The van der Waals surface area contributed by atoms with Gasteiger partial charge in [0.2, 0.25) is 5.91 Å². The Morgan fingerprint density at radius 2 is 1.55 bits per heavy atom. The molecule has 0 aliphatic carbocycles. The molecule has 0 saturated carbocycles. The van der Waals surface area contributed by atoms with Gasteiger partial charge in [-0.3, -0.25) is 19.7 Å². The molecule has 11 nitrogen and oxygen atoms in total. The van der Waals surface area contributed by atoms with Gasteiger partial charge in [-0.25, -0.2) is 9.91 Å². The molecule has 4 atom stereocenters. The van der Waals surface area contributed by atoms with E-state index < -0.39 is 34.9 Å². The third-order valence-corrected chi connectivity index (χ3v) is 8.45. The van der Waals surface area contributed by atoms with Gasteiger partial charge in [-0.15, -0.1) is 0 Å². The summed E-state index contributed by atoms with van der Waals surface area (Å²) in [7, 11) is 0. The van der Waals surface area contributed by atoms with Crippen LogP contribution in [0, 0.1) is 16.0 Å². The molecule has 0 aromatic heterocycles. The van der Waals surface area contributed by atoms with E-state index in [2.05, 4.69) is 31.6 Å². The van der Waals surface area contributed by atoms with E-state index in [0.717, 1.165) is 36.3 Å². The summed E-state index contributed by atoms with van der Waals surface area (Å²) in [5, 5.41) is 27.5. The van der Waals surface area contributed by atoms with Crippen molar-refractivity contribution in [3.63, 3.8) is 0 Å². The molecule has 2 saturated heterocycles. The number of amides is 2. The van der Waals surface area contributed by atoms with E-state index in [-0.39, 0.29) is 11.6 Å². The maximum atomic E-state index is 14.0. The number of fused-ring (bicyclic) bond motifs is 1. The van der Waals surface area contributed by atoms with Gasteiger partial charge in [0.1, 0.15) is 6.04 Å². The third kappa shape index (κ3) is 5.29. The minimum atomic E-state index is -1.05. The number of nitrogens with zero attached hydrogens (tertiary/aromatic N) is 4. The minimum absolute atomic E-state index is 0.0778. The number of piperazine rings is 1. The van der Waals surface area contributed by atoms with Gasteiger partial charge in [0.15, 0.2) is 0 Å². The van der Waals surface area contributed by atoms with Gasteiger partial charge in [0.25, 0.3) is 11.6 Å². The summed E-state index contributed by atoms with van der Waals surface area (Å²) in [6.45, 7) is 3.54. The van der Waals surface area contributed by atoms with Crippen LogP contribution in [0.5, 0.6) is 0 Å². The van der Waals surface area contributed by atoms with Crippen LogP contribution in [0.4, 0.5) is 22.7 Å². The molecule has 2 amide bonds. The van der Waals surface area contributed by atoms with Crippen molar-refractivity contribution in [3.05, 3.63) is 105 Å². The van der Waals surface area contributed by atoms with Crippen molar-refractivity contribution in [1.29, 1.82) is 0 Å². The van der Waals surface area contributed by atoms with E-state index in [9.17, 15) is 24.8 Å². The number of non-ortho nitro benzene ring substituents is 1. The zero-order valence-electron chi connectivity index (χ0n) is 22.5. The normalized spacial score (nSPS) is 23.1. The SMILES string of the molecule is O=C1[C@@H]2[C@@H](C=CC([C@H](O)c3ccc(Br)cc3)N2Nc2ccc([N+](=O)[O-])cc2)C(=O)N1c1ccc(N2CCNCC2)cc1. The van der Waals surface area contributed by atoms with Crippen molar-refractivity contribution in [2.75, 3.05) is 41.4 Å². The van der Waals surface area contributed by atoms with Crippen LogP contribution in [-0.2, 0) is 9.59 Å². The predicted molar refractivity (Wildman–Crippen MR) is 162 cm³/mol. The Bertz CT molecular complexity index is 1510. The van der Waals surface area contributed by atoms with Gasteiger partial charge < -0.3 is 20.7 Å². The van der Waals surface area contributed by atoms with Crippen LogP contribution < -0.4 is 20.5 Å². The van der Waals surface area contributed by atoms with Crippen molar-refractivity contribution < 1.29 is 19.6 Å². The lowest BCUT2D eigenvalue weighted by Crippen LogP contribution is -2.55. The predicted octanol–water partition coefficient (Wildman–Crippen LogP) is 3.63. The van der Waals surface area contributed by atoms with Crippen LogP contribution in [0.3, 0.4) is 0 Å². The fraction of sp³-hybridized carbons (Fsp3) is 0.267. The maximum absolute atomic E-state index is 14.0. The number of benzene rings is 3. The fourth-order valence-corrected chi connectivity index (χ4v) is 5.99. The zero-order valence-corrected chi connectivity index (χ0v) is 24.1. The van der Waals surface area contributed by atoms with E-state index in [1.165, 1.54) is 29.2 Å². The highest BCUT2D eigenvalue weighted by molar-refractivity contribution is 9.10. The maximum Gasteiger partial charge on any atom is 0.269 e. The van der Waals surface area contributed by atoms with Crippen LogP contribution in [0.25, 0.3) is 0 Å². The second-order valence-electron chi connectivity index (χ2n) is 10.4. The largest absolute Gasteiger partial charge is 0.386 e. The topological polar surface area (TPSA) is 131 Å². The first kappa shape index (κ1) is 28.0. The van der Waals surface area contributed by atoms with Gasteiger partial charge in [0.05, 0.1) is 28.7 Å². The standard InChI is InChI=1S/C30H29BrN6O5/c31-20-3-1-19(2-4-20)28(38)26-14-13-25-27(36(26)33-21-5-7-24(8-6-21)37(41)42)30(40)35(29(25)39)23-11-9-22(10-12-23)34-17-15-32-16-18-34/h1-14,25-28,32-33,38H,15-18H2/t25-,26?,27+,28-/m1/s1. The first-order valence-electron chi connectivity index (χ1n) is 13.7. The summed E-state index contributed by atoms with van der Waals surface area (Å²) in [6.07, 6.45) is 2.38. The highest BCUT2D eigenvalue weighted by atomic mass is 79.9. The molecule has 3 aromatic rings. The van der Waals surface area contributed by atoms with Crippen LogP contribution in [0.2, 0.25) is 0 Å². The first-order valence-corrected chi connectivity index (χ1v) is 14.5. The lowest BCUT2D eigenvalue weighted by Gasteiger charge is -2.40. The van der Waals surface area contributed by atoms with Gasteiger partial charge >= 0.3 is 0 Å². The van der Waals surface area contributed by atoms with Crippen LogP contribution in [0.1, 0.15) is 11.7 Å². The van der Waals surface area contributed by atoms with Crippen LogP contribution in [0.15, 0.2) is 89.4 Å². The van der Waals surface area contributed by atoms with Crippen molar-refractivity contribution in [2.24, 2.45) is 5.92 Å². The number of hydrogen-bond acceptors (Lipinski definition) is 9. The molecule has 6 rings (SSSR count). The number of aliphatic hydroxyl groups is 1. The van der Waals surface area contributed by atoms with E-state index in [4.69, 9.17) is 0 Å². The number of carbonyl (C=O) groups is 2. The van der Waals surface area contributed by atoms with Crippen LogP contribution >= 0.6 is 15.9 Å². The number of hydrazine groups is 1. The van der Waals surface area contributed by atoms with E-state index >= 15 is 0 Å². The summed E-state index contributed by atoms with van der Waals surface area (Å²) >= 11 is 3.41. The van der Waals surface area contributed by atoms with Gasteiger partial charge in [-0.05, 0) is 54.1 Å². The second kappa shape index (κ2) is 11.6. The van der Waals surface area contributed by atoms with Gasteiger partial charge in [-0.1, -0.05) is 40.2 Å². The monoisotopic (exact) mass is 632 g/mol. The molecule has 1 unspecified atom stereocenters. The number of aliphatic hydroxyl groups excluding tert-OH is 1. The molecule has 3 N–H and O–H groups in total. The average Bonchev–Trinajstić information content (AvgIpc) is 3.27. The molecule has 0 bridgehead atoms. The number of nitro groups is 1. The minimum Gasteiger partial charge on any atom is -0.386 e. The van der Waals surface area contributed by atoms with Crippen molar-refractivity contribution in [1.82, 2.24) is 10.3 Å². The molecule has 42 heavy (non-hydrogen) atoms. The quantitative estimate of drug-likeness (QED) is 0.155. The van der Waals surface area contributed by atoms with Crippen molar-refractivity contribution in [3.8, 4) is 0 Å². The Morgan fingerprint density at radius 1 is 0.905 bits per heavy atom. The summed E-state index contributed by atoms with van der Waals surface area (Å²) in [5.74, 6) is -1.57. The highest BCUT2D eigenvalue weighted by Crippen LogP contribution is 2.38. The number of halogens is 1. The molecule has 0 radical (unpaired) electrons. The van der Waals surface area contributed by atoms with Gasteiger partial charge in [-0.2, -0.15) is 0 Å². The number of nitro benzene ring substituents is 1. The Morgan fingerprint density at radius 3 is 2.19 bits per heavy atom. The Hall–Kier alpha value is -4.10. The fourth-order valence-electron chi connectivity index (χ4n) is 5.73. The third-order valence-electron chi connectivity index (χ3n) is 7.92. The second-order valence-corrected chi connectivity index (χ2v) is 11.3. The van der Waals surface area contributed by atoms with Crippen LogP contribution in [-0.4, -0.2) is 65.1 Å². The first-order chi connectivity index (χ1) is 20.3. The smallest absolute Gasteiger partial charge is 0.269 e.